The monoisotopic (exact) mass is 351 g/mol. The first-order valence-corrected chi connectivity index (χ1v) is 9.07. The van der Waals surface area contributed by atoms with E-state index in [-0.39, 0.29) is 24.3 Å². The second-order valence-corrected chi connectivity index (χ2v) is 6.77. The van der Waals surface area contributed by atoms with E-state index in [9.17, 15) is 9.59 Å². The van der Waals surface area contributed by atoms with Crippen molar-refractivity contribution in [2.24, 2.45) is 5.73 Å². The Labute approximate surface area is 144 Å². The molecule has 1 aromatic carbocycles. The summed E-state index contributed by atoms with van der Waals surface area (Å²) in [6.07, 6.45) is 2.36. The minimum Gasteiger partial charge on any atom is -0.370 e. The molecule has 1 aromatic rings. The Balaban J connectivity index is 2.02. The number of nitrogens with zero attached hydrogens (tertiary/aromatic N) is 1. The number of guanidine groups is 1. The zero-order valence-electron chi connectivity index (χ0n) is 14.0. The van der Waals surface area contributed by atoms with Crippen molar-refractivity contribution in [3.8, 4) is 0 Å². The van der Waals surface area contributed by atoms with Crippen LogP contribution in [0.25, 0.3) is 0 Å². The first kappa shape index (κ1) is 19.9. The van der Waals surface area contributed by atoms with Gasteiger partial charge in [-0.2, -0.15) is 0 Å². The fourth-order valence-electron chi connectivity index (χ4n) is 1.89. The van der Waals surface area contributed by atoms with E-state index in [0.29, 0.717) is 19.5 Å². The summed E-state index contributed by atoms with van der Waals surface area (Å²) in [5.41, 5.74) is 5.25. The molecule has 0 aliphatic carbocycles. The maximum atomic E-state index is 11.7. The summed E-state index contributed by atoms with van der Waals surface area (Å²) in [6.45, 7) is 0.793. The van der Waals surface area contributed by atoms with Gasteiger partial charge in [0.25, 0.3) is 0 Å². The van der Waals surface area contributed by atoms with Crippen molar-refractivity contribution in [2.75, 3.05) is 32.8 Å². The summed E-state index contributed by atoms with van der Waals surface area (Å²) in [5, 5.41) is 13.9. The third-order valence-corrected chi connectivity index (χ3v) is 4.59. The second-order valence-electron chi connectivity index (χ2n) is 5.34. The van der Waals surface area contributed by atoms with Crippen molar-refractivity contribution in [2.45, 2.75) is 12.8 Å². The molecule has 0 saturated heterocycles. The number of hydrogen-bond donors (Lipinski definition) is 4. The van der Waals surface area contributed by atoms with E-state index < -0.39 is 0 Å². The fourth-order valence-corrected chi connectivity index (χ4v) is 2.96. The number of amides is 2. The number of rotatable bonds is 10. The number of nitrogens with two attached hydrogens (primary N) is 1. The number of benzene rings is 1. The highest BCUT2D eigenvalue weighted by Gasteiger charge is 2.07. The standard InChI is InChI=1S/C16H26N5O2P/c1-21(16(17)18)12-15(23)20-10-9-19-14(22)8-5-11-24-13-6-3-2-4-7-13/h2-4,6-7,24H,5,8-12H2,1H3,(H3,17,18)(H,19,22)(H,20,23). The molecule has 1 atom stereocenters. The van der Waals surface area contributed by atoms with E-state index in [0.717, 1.165) is 21.2 Å². The van der Waals surface area contributed by atoms with Crippen LogP contribution in [0, 0.1) is 5.41 Å². The molecule has 8 heteroatoms. The molecular formula is C16H26N5O2P. The van der Waals surface area contributed by atoms with Crippen LogP contribution < -0.4 is 21.7 Å². The molecule has 5 N–H and O–H groups in total. The van der Waals surface area contributed by atoms with Gasteiger partial charge in [-0.1, -0.05) is 38.9 Å². The molecule has 0 spiro atoms. The van der Waals surface area contributed by atoms with Crippen LogP contribution >= 0.6 is 8.58 Å². The van der Waals surface area contributed by atoms with Crippen LogP contribution in [-0.2, 0) is 9.59 Å². The quantitative estimate of drug-likeness (QED) is 0.203. The van der Waals surface area contributed by atoms with Crippen LogP contribution in [0.3, 0.4) is 0 Å². The summed E-state index contributed by atoms with van der Waals surface area (Å²) in [5.74, 6) is -0.386. The minimum atomic E-state index is -0.231. The van der Waals surface area contributed by atoms with E-state index in [1.165, 1.54) is 10.2 Å². The predicted molar refractivity (Wildman–Crippen MR) is 99.1 cm³/mol. The Morgan fingerprint density at radius 1 is 1.17 bits per heavy atom. The topological polar surface area (TPSA) is 111 Å². The van der Waals surface area contributed by atoms with Gasteiger partial charge in [-0.25, -0.2) is 0 Å². The number of likely N-dealkylation sites (N-methyl/N-ethyl adjacent to an activating group) is 1. The van der Waals surface area contributed by atoms with Crippen LogP contribution in [0.1, 0.15) is 12.8 Å². The Bertz CT molecular complexity index is 539. The van der Waals surface area contributed by atoms with Crippen LogP contribution in [-0.4, -0.2) is 55.5 Å². The van der Waals surface area contributed by atoms with Gasteiger partial charge in [0.2, 0.25) is 11.8 Å². The van der Waals surface area contributed by atoms with Gasteiger partial charge in [-0.15, -0.1) is 0 Å². The molecule has 24 heavy (non-hydrogen) atoms. The predicted octanol–water partition coefficient (Wildman–Crippen LogP) is -0.172. The van der Waals surface area contributed by atoms with Gasteiger partial charge in [0.1, 0.15) is 0 Å². The van der Waals surface area contributed by atoms with E-state index in [1.54, 1.807) is 7.05 Å². The maximum absolute atomic E-state index is 11.7. The van der Waals surface area contributed by atoms with Gasteiger partial charge in [0.05, 0.1) is 6.54 Å². The van der Waals surface area contributed by atoms with Gasteiger partial charge in [0.15, 0.2) is 5.96 Å². The Kier molecular flexibility index (Phi) is 9.46. The maximum Gasteiger partial charge on any atom is 0.239 e. The summed E-state index contributed by atoms with van der Waals surface area (Å²) in [4.78, 5) is 24.6. The zero-order chi connectivity index (χ0) is 17.8. The highest BCUT2D eigenvalue weighted by molar-refractivity contribution is 7.47. The second kappa shape index (κ2) is 11.4. The van der Waals surface area contributed by atoms with Gasteiger partial charge < -0.3 is 21.3 Å². The van der Waals surface area contributed by atoms with Crippen molar-refractivity contribution in [1.82, 2.24) is 15.5 Å². The third kappa shape index (κ3) is 9.10. The summed E-state index contributed by atoms with van der Waals surface area (Å²) >= 11 is 0. The molecule has 0 heterocycles. The average molecular weight is 351 g/mol. The number of carbonyl (C=O) groups excluding carboxylic acids is 2. The van der Waals surface area contributed by atoms with E-state index in [2.05, 4.69) is 22.8 Å². The molecule has 0 aromatic heterocycles. The molecule has 0 saturated carbocycles. The molecule has 7 nitrogen and oxygen atoms in total. The molecule has 0 bridgehead atoms. The molecule has 0 aliphatic heterocycles. The van der Waals surface area contributed by atoms with Gasteiger partial charge in [-0.05, 0) is 17.9 Å². The molecule has 0 fully saturated rings. The molecule has 1 rings (SSSR count). The van der Waals surface area contributed by atoms with Crippen LogP contribution in [0.2, 0.25) is 0 Å². The molecule has 0 aliphatic rings. The Morgan fingerprint density at radius 2 is 1.79 bits per heavy atom. The van der Waals surface area contributed by atoms with Crippen molar-refractivity contribution < 1.29 is 9.59 Å². The van der Waals surface area contributed by atoms with E-state index in [1.807, 2.05) is 18.2 Å². The largest absolute Gasteiger partial charge is 0.370 e. The minimum absolute atomic E-state index is 0.00275. The normalized spacial score (nSPS) is 10.5. The lowest BCUT2D eigenvalue weighted by Crippen LogP contribution is -2.43. The Hall–Kier alpha value is -2.14. The molecular weight excluding hydrogens is 325 g/mol. The first-order valence-electron chi connectivity index (χ1n) is 7.86. The van der Waals surface area contributed by atoms with E-state index in [4.69, 9.17) is 11.1 Å². The zero-order valence-corrected chi connectivity index (χ0v) is 15.0. The summed E-state index contributed by atoms with van der Waals surface area (Å²) in [7, 11) is 2.30. The van der Waals surface area contributed by atoms with Crippen molar-refractivity contribution in [3.63, 3.8) is 0 Å². The fraction of sp³-hybridized carbons (Fsp3) is 0.438. The SMILES string of the molecule is CN(CC(=O)NCCNC(=O)CCCPc1ccccc1)C(=N)N. The first-order chi connectivity index (χ1) is 11.5. The van der Waals surface area contributed by atoms with Crippen molar-refractivity contribution in [1.29, 1.82) is 5.41 Å². The molecule has 0 radical (unpaired) electrons. The summed E-state index contributed by atoms with van der Waals surface area (Å²) < 4.78 is 0. The average Bonchev–Trinajstić information content (AvgIpc) is 2.56. The summed E-state index contributed by atoms with van der Waals surface area (Å²) in [6, 6.07) is 10.3. The molecule has 2 amide bonds. The number of hydrogen-bond acceptors (Lipinski definition) is 3. The molecule has 132 valence electrons. The Morgan fingerprint density at radius 3 is 2.42 bits per heavy atom. The highest BCUT2D eigenvalue weighted by Crippen LogP contribution is 2.11. The smallest absolute Gasteiger partial charge is 0.239 e. The lowest BCUT2D eigenvalue weighted by molar-refractivity contribution is -0.123. The third-order valence-electron chi connectivity index (χ3n) is 3.24. The lowest BCUT2D eigenvalue weighted by atomic mass is 10.3. The van der Waals surface area contributed by atoms with E-state index >= 15 is 0 Å². The van der Waals surface area contributed by atoms with Crippen molar-refractivity contribution in [3.05, 3.63) is 30.3 Å². The van der Waals surface area contributed by atoms with Gasteiger partial charge in [-0.3, -0.25) is 15.0 Å². The number of nitrogens with one attached hydrogen (secondary N) is 3. The number of carbonyl (C=O) groups is 2. The molecule has 1 unspecified atom stereocenters. The van der Waals surface area contributed by atoms with Crippen molar-refractivity contribution >= 4 is 31.7 Å². The highest BCUT2D eigenvalue weighted by atomic mass is 31.1. The van der Waals surface area contributed by atoms with Crippen LogP contribution in [0.5, 0.6) is 0 Å². The van der Waals surface area contributed by atoms with Gasteiger partial charge in [0, 0.05) is 26.6 Å². The lowest BCUT2D eigenvalue weighted by Gasteiger charge is -2.15. The van der Waals surface area contributed by atoms with Crippen LogP contribution in [0.4, 0.5) is 0 Å². The van der Waals surface area contributed by atoms with Crippen LogP contribution in [0.15, 0.2) is 30.3 Å². The van der Waals surface area contributed by atoms with Gasteiger partial charge >= 0.3 is 0 Å².